The summed E-state index contributed by atoms with van der Waals surface area (Å²) in [6, 6.07) is 0. The molecule has 0 rings (SSSR count). The lowest BCUT2D eigenvalue weighted by molar-refractivity contribution is 0.904. The Morgan fingerprint density at radius 1 is 1.40 bits per heavy atom. The van der Waals surface area contributed by atoms with E-state index in [2.05, 4.69) is 24.7 Å². The molecule has 0 bridgehead atoms. The van der Waals surface area contributed by atoms with E-state index < -0.39 is 0 Å². The highest BCUT2D eigenvalue weighted by atomic mass is 13.8. The van der Waals surface area contributed by atoms with Gasteiger partial charge in [0.2, 0.25) is 0 Å². The first-order valence-corrected chi connectivity index (χ1v) is 3.65. The quantitative estimate of drug-likeness (QED) is 0.409. The smallest absolute Gasteiger partial charge is 0.0337 e. The van der Waals surface area contributed by atoms with Crippen LogP contribution < -0.4 is 0 Å². The Balaban J connectivity index is 3.05. The topological polar surface area (TPSA) is 0 Å². The van der Waals surface area contributed by atoms with Gasteiger partial charge in [0.25, 0.3) is 0 Å². The minimum atomic E-state index is 0.848. The van der Waals surface area contributed by atoms with E-state index in [0.717, 1.165) is 25.7 Å². The van der Waals surface area contributed by atoms with Crippen molar-refractivity contribution in [3.05, 3.63) is 6.42 Å². The molecule has 10 heavy (non-hydrogen) atoms. The average molecular weight is 133 g/mol. The summed E-state index contributed by atoms with van der Waals surface area (Å²) < 4.78 is 0. The predicted octanol–water partition coefficient (Wildman–Crippen LogP) is 2.41. The van der Waals surface area contributed by atoms with Gasteiger partial charge in [-0.3, -0.25) is 0 Å². The molecule has 0 saturated heterocycles. The van der Waals surface area contributed by atoms with E-state index >= 15 is 0 Å². The molecule has 0 aromatic carbocycles. The number of hydrogen-bond donors (Lipinski definition) is 0. The van der Waals surface area contributed by atoms with Crippen molar-refractivity contribution in [3.8, 4) is 24.2 Å². The fourth-order valence-electron chi connectivity index (χ4n) is 0.525. The lowest BCUT2D eigenvalue weighted by Crippen LogP contribution is -1.69. The second-order valence-electron chi connectivity index (χ2n) is 1.99. The first-order valence-electron chi connectivity index (χ1n) is 3.65. The maximum Gasteiger partial charge on any atom is 0.0337 e. The van der Waals surface area contributed by atoms with Crippen molar-refractivity contribution in [2.75, 3.05) is 0 Å². The van der Waals surface area contributed by atoms with E-state index in [-0.39, 0.29) is 0 Å². The molecule has 53 valence electrons. The van der Waals surface area contributed by atoms with Gasteiger partial charge in [-0.05, 0) is 12.8 Å². The fourth-order valence-corrected chi connectivity index (χ4v) is 0.525. The van der Waals surface area contributed by atoms with Crippen LogP contribution in [-0.2, 0) is 0 Å². The number of hydrogen-bond acceptors (Lipinski definition) is 0. The largest absolute Gasteiger partial charge is 0.120 e. The summed E-state index contributed by atoms with van der Waals surface area (Å²) in [6.45, 7) is 2.08. The van der Waals surface area contributed by atoms with Gasteiger partial charge in [0.15, 0.2) is 0 Å². The molecule has 0 N–H and O–H groups in total. The second kappa shape index (κ2) is 8.12. The molecule has 0 amide bonds. The van der Waals surface area contributed by atoms with E-state index in [1.807, 2.05) is 6.42 Å². The molecule has 0 aliphatic rings. The van der Waals surface area contributed by atoms with Gasteiger partial charge >= 0.3 is 0 Å². The highest BCUT2D eigenvalue weighted by Gasteiger charge is 1.77. The minimum Gasteiger partial charge on any atom is -0.120 e. The van der Waals surface area contributed by atoms with Gasteiger partial charge < -0.3 is 0 Å². The zero-order chi connectivity index (χ0) is 7.66. The van der Waals surface area contributed by atoms with Crippen LogP contribution in [0, 0.1) is 30.6 Å². The maximum absolute atomic E-state index is 5.06. The average Bonchev–Trinajstić information content (AvgIpc) is 1.97. The lowest BCUT2D eigenvalue weighted by atomic mass is 10.2. The summed E-state index contributed by atoms with van der Waals surface area (Å²) in [5, 5.41) is 0. The van der Waals surface area contributed by atoms with Crippen LogP contribution in [0.25, 0.3) is 0 Å². The monoisotopic (exact) mass is 133 g/mol. The first-order chi connectivity index (χ1) is 4.91. The molecule has 0 aromatic heterocycles. The Hall–Kier alpha value is -0.880. The van der Waals surface area contributed by atoms with Crippen molar-refractivity contribution in [2.45, 2.75) is 32.6 Å². The molecule has 0 heterocycles. The number of rotatable bonds is 3. The van der Waals surface area contributed by atoms with E-state index in [9.17, 15) is 0 Å². The van der Waals surface area contributed by atoms with Crippen molar-refractivity contribution >= 4 is 0 Å². The zero-order valence-electron chi connectivity index (χ0n) is 6.48. The van der Waals surface area contributed by atoms with Crippen LogP contribution in [0.3, 0.4) is 0 Å². The Morgan fingerprint density at radius 3 is 2.80 bits per heavy atom. The molecule has 0 nitrogen and oxygen atoms in total. The third-order valence-corrected chi connectivity index (χ3v) is 1.03. The van der Waals surface area contributed by atoms with Gasteiger partial charge in [-0.2, -0.15) is 0 Å². The second-order valence-corrected chi connectivity index (χ2v) is 1.99. The third-order valence-electron chi connectivity index (χ3n) is 1.03. The van der Waals surface area contributed by atoms with Crippen molar-refractivity contribution in [1.29, 1.82) is 0 Å². The molecular formula is C10H13. The Labute approximate surface area is 64.0 Å². The summed E-state index contributed by atoms with van der Waals surface area (Å²) in [5.74, 6) is 8.55. The van der Waals surface area contributed by atoms with Crippen LogP contribution in [-0.4, -0.2) is 0 Å². The van der Waals surface area contributed by atoms with Gasteiger partial charge in [-0.25, -0.2) is 0 Å². The summed E-state index contributed by atoms with van der Waals surface area (Å²) in [4.78, 5) is 0. The van der Waals surface area contributed by atoms with Crippen LogP contribution in [0.2, 0.25) is 0 Å². The van der Waals surface area contributed by atoms with Gasteiger partial charge in [0, 0.05) is 19.3 Å². The molecule has 0 fully saturated rings. The van der Waals surface area contributed by atoms with E-state index in [4.69, 9.17) is 6.42 Å². The van der Waals surface area contributed by atoms with Gasteiger partial charge in [-0.1, -0.05) is 12.8 Å². The van der Waals surface area contributed by atoms with E-state index in [1.165, 1.54) is 0 Å². The van der Waals surface area contributed by atoms with E-state index in [0.29, 0.717) is 0 Å². The van der Waals surface area contributed by atoms with Gasteiger partial charge in [-0.15, -0.1) is 18.3 Å². The highest BCUT2D eigenvalue weighted by molar-refractivity contribution is 5.09. The molecule has 0 aliphatic heterocycles. The van der Waals surface area contributed by atoms with E-state index in [1.54, 1.807) is 0 Å². The molecule has 0 aromatic rings. The molecule has 0 atom stereocenters. The minimum absolute atomic E-state index is 0.848. The standard InChI is InChI=1S/C10H13/c1-3-5-7-9-10-8-6-4-2/h1,6H,4-5,7,9H2,2H3. The molecule has 0 heteroatoms. The lowest BCUT2D eigenvalue weighted by Gasteiger charge is -1.82. The van der Waals surface area contributed by atoms with Crippen molar-refractivity contribution in [2.24, 2.45) is 0 Å². The Bertz CT molecular complexity index is 149. The molecule has 0 saturated carbocycles. The molecule has 0 spiro atoms. The van der Waals surface area contributed by atoms with Crippen molar-refractivity contribution < 1.29 is 0 Å². The first kappa shape index (κ1) is 9.12. The highest BCUT2D eigenvalue weighted by Crippen LogP contribution is 1.91. The van der Waals surface area contributed by atoms with Gasteiger partial charge in [0.1, 0.15) is 0 Å². The predicted molar refractivity (Wildman–Crippen MR) is 45.1 cm³/mol. The summed E-state index contributed by atoms with van der Waals surface area (Å²) in [6.07, 6.45) is 10.9. The Kier molecular flexibility index (Phi) is 7.41. The van der Waals surface area contributed by atoms with Crippen molar-refractivity contribution in [3.63, 3.8) is 0 Å². The zero-order valence-corrected chi connectivity index (χ0v) is 6.48. The fraction of sp³-hybridized carbons (Fsp3) is 0.500. The molecule has 1 radical (unpaired) electrons. The summed E-state index contributed by atoms with van der Waals surface area (Å²) in [7, 11) is 0. The van der Waals surface area contributed by atoms with Crippen LogP contribution >= 0.6 is 0 Å². The van der Waals surface area contributed by atoms with Crippen LogP contribution in [0.5, 0.6) is 0 Å². The summed E-state index contributed by atoms with van der Waals surface area (Å²) >= 11 is 0. The SMILES string of the molecule is C#CCCCC#C[CH]CC. The third kappa shape index (κ3) is 7.12. The normalized spacial score (nSPS) is 7.60. The van der Waals surface area contributed by atoms with Crippen LogP contribution in [0.4, 0.5) is 0 Å². The molecular weight excluding hydrogens is 120 g/mol. The van der Waals surface area contributed by atoms with Crippen LogP contribution in [0.15, 0.2) is 0 Å². The van der Waals surface area contributed by atoms with Gasteiger partial charge in [0.05, 0.1) is 0 Å². The molecule has 0 unspecified atom stereocenters. The van der Waals surface area contributed by atoms with Crippen molar-refractivity contribution in [1.82, 2.24) is 0 Å². The number of terminal acetylenes is 1. The summed E-state index contributed by atoms with van der Waals surface area (Å²) in [5.41, 5.74) is 0. The Morgan fingerprint density at radius 2 is 2.20 bits per heavy atom. The maximum atomic E-state index is 5.06. The number of unbranched alkanes of at least 4 members (excludes halogenated alkanes) is 3. The van der Waals surface area contributed by atoms with Crippen LogP contribution in [0.1, 0.15) is 32.6 Å². The molecule has 0 aliphatic carbocycles.